The van der Waals surface area contributed by atoms with Crippen LogP contribution in [-0.4, -0.2) is 24.7 Å². The van der Waals surface area contributed by atoms with Gasteiger partial charge < -0.3 is 20.5 Å². The first kappa shape index (κ1) is 17.6. The molecule has 1 unspecified atom stereocenters. The van der Waals surface area contributed by atoms with Crippen LogP contribution in [0, 0.1) is 0 Å². The summed E-state index contributed by atoms with van der Waals surface area (Å²) in [6, 6.07) is 3.33. The zero-order chi connectivity index (χ0) is 16.2. The lowest BCUT2D eigenvalue weighted by Crippen LogP contribution is -2.46. The highest BCUT2D eigenvalue weighted by Crippen LogP contribution is 2.35. The second kappa shape index (κ2) is 7.00. The predicted molar refractivity (Wildman–Crippen MR) is 83.9 cm³/mol. The van der Waals surface area contributed by atoms with Gasteiger partial charge in [0.05, 0.1) is 7.11 Å². The maximum Gasteiger partial charge on any atom is 0.261 e. The van der Waals surface area contributed by atoms with Crippen LogP contribution < -0.4 is 20.5 Å². The highest BCUT2D eigenvalue weighted by atomic mass is 35.5. The molecule has 0 saturated carbocycles. The molecule has 0 saturated heterocycles. The summed E-state index contributed by atoms with van der Waals surface area (Å²) in [7, 11) is 1.51. The van der Waals surface area contributed by atoms with Crippen LogP contribution in [-0.2, 0) is 11.3 Å². The molecule has 0 aliphatic rings. The fraction of sp³-hybridized carbons (Fsp3) is 0.533. The second-order valence-electron chi connectivity index (χ2n) is 5.80. The molecule has 1 rings (SSSR count). The molecule has 0 aliphatic carbocycles. The highest BCUT2D eigenvalue weighted by Gasteiger charge is 2.23. The predicted octanol–water partition coefficient (Wildman–Crippen LogP) is 2.49. The summed E-state index contributed by atoms with van der Waals surface area (Å²) < 4.78 is 11.0. The Morgan fingerprint density at radius 2 is 2.05 bits per heavy atom. The minimum absolute atomic E-state index is 0.206. The van der Waals surface area contributed by atoms with Gasteiger partial charge in [0.25, 0.3) is 5.91 Å². The van der Waals surface area contributed by atoms with Gasteiger partial charge in [0.1, 0.15) is 0 Å². The molecule has 118 valence electrons. The molecule has 3 N–H and O–H groups in total. The third-order valence-corrected chi connectivity index (χ3v) is 2.92. The third kappa shape index (κ3) is 5.10. The van der Waals surface area contributed by atoms with Crippen molar-refractivity contribution in [3.8, 4) is 11.5 Å². The fourth-order valence-corrected chi connectivity index (χ4v) is 1.99. The molecule has 1 aromatic carbocycles. The molecule has 21 heavy (non-hydrogen) atoms. The minimum Gasteiger partial charge on any atom is -0.493 e. The van der Waals surface area contributed by atoms with Gasteiger partial charge in [-0.15, -0.1) is 0 Å². The first-order valence-corrected chi connectivity index (χ1v) is 7.11. The van der Waals surface area contributed by atoms with E-state index in [4.69, 9.17) is 26.8 Å². The summed E-state index contributed by atoms with van der Waals surface area (Å²) in [5, 5.41) is 3.37. The van der Waals surface area contributed by atoms with Gasteiger partial charge in [-0.1, -0.05) is 11.6 Å². The zero-order valence-electron chi connectivity index (χ0n) is 13.1. The van der Waals surface area contributed by atoms with E-state index in [1.807, 2.05) is 20.8 Å². The lowest BCUT2D eigenvalue weighted by molar-refractivity contribution is -0.128. The number of benzene rings is 1. The summed E-state index contributed by atoms with van der Waals surface area (Å²) in [5.74, 6) is 0.696. The van der Waals surface area contributed by atoms with Crippen molar-refractivity contribution in [2.75, 3.05) is 7.11 Å². The first-order valence-electron chi connectivity index (χ1n) is 6.73. The van der Waals surface area contributed by atoms with Crippen LogP contribution in [0.4, 0.5) is 0 Å². The molecular formula is C15H23ClN2O3. The fourth-order valence-electron chi connectivity index (χ4n) is 1.76. The molecule has 0 spiro atoms. The number of amides is 1. The van der Waals surface area contributed by atoms with E-state index >= 15 is 0 Å². The van der Waals surface area contributed by atoms with E-state index in [-0.39, 0.29) is 18.0 Å². The molecule has 1 atom stereocenters. The third-order valence-electron chi connectivity index (χ3n) is 2.70. The number of ether oxygens (including phenoxy) is 2. The average Bonchev–Trinajstić information content (AvgIpc) is 2.37. The SMILES string of the molecule is COc1cc(Cl)cc(CN)c1OC(C)C(=O)NC(C)(C)C. The smallest absolute Gasteiger partial charge is 0.261 e. The number of rotatable bonds is 5. The quantitative estimate of drug-likeness (QED) is 0.875. The van der Waals surface area contributed by atoms with E-state index < -0.39 is 6.10 Å². The van der Waals surface area contributed by atoms with Gasteiger partial charge in [-0.2, -0.15) is 0 Å². The van der Waals surface area contributed by atoms with Gasteiger partial charge in [-0.05, 0) is 33.8 Å². The molecule has 0 heterocycles. The molecule has 0 bridgehead atoms. The number of carbonyl (C=O) groups is 1. The topological polar surface area (TPSA) is 73.6 Å². The number of methoxy groups -OCH3 is 1. The van der Waals surface area contributed by atoms with Crippen LogP contribution in [0.1, 0.15) is 33.3 Å². The molecule has 1 amide bonds. The van der Waals surface area contributed by atoms with Gasteiger partial charge in [0.2, 0.25) is 0 Å². The van der Waals surface area contributed by atoms with Crippen LogP contribution in [0.5, 0.6) is 11.5 Å². The summed E-state index contributed by atoms with van der Waals surface area (Å²) in [4.78, 5) is 12.1. The van der Waals surface area contributed by atoms with Crippen LogP contribution in [0.3, 0.4) is 0 Å². The van der Waals surface area contributed by atoms with Crippen LogP contribution in [0.15, 0.2) is 12.1 Å². The van der Waals surface area contributed by atoms with E-state index in [9.17, 15) is 4.79 Å². The highest BCUT2D eigenvalue weighted by molar-refractivity contribution is 6.30. The monoisotopic (exact) mass is 314 g/mol. The van der Waals surface area contributed by atoms with Gasteiger partial charge in [-0.25, -0.2) is 0 Å². The van der Waals surface area contributed by atoms with Crippen molar-refractivity contribution in [3.05, 3.63) is 22.7 Å². The lowest BCUT2D eigenvalue weighted by atomic mass is 10.1. The van der Waals surface area contributed by atoms with E-state index in [2.05, 4.69) is 5.32 Å². The van der Waals surface area contributed by atoms with Crippen molar-refractivity contribution >= 4 is 17.5 Å². The molecule has 1 aromatic rings. The largest absolute Gasteiger partial charge is 0.493 e. The number of hydrogen-bond acceptors (Lipinski definition) is 4. The Morgan fingerprint density at radius 1 is 1.43 bits per heavy atom. The molecular weight excluding hydrogens is 292 g/mol. The van der Waals surface area contributed by atoms with E-state index in [1.165, 1.54) is 7.11 Å². The van der Waals surface area contributed by atoms with Crippen molar-refractivity contribution in [3.63, 3.8) is 0 Å². The van der Waals surface area contributed by atoms with Crippen LogP contribution in [0.25, 0.3) is 0 Å². The number of nitrogens with two attached hydrogens (primary N) is 1. The summed E-state index contributed by atoms with van der Waals surface area (Å²) in [6.45, 7) is 7.64. The molecule has 0 aromatic heterocycles. The van der Waals surface area contributed by atoms with Gasteiger partial charge in [0.15, 0.2) is 17.6 Å². The van der Waals surface area contributed by atoms with Gasteiger partial charge >= 0.3 is 0 Å². The second-order valence-corrected chi connectivity index (χ2v) is 6.24. The lowest BCUT2D eigenvalue weighted by Gasteiger charge is -2.24. The Bertz CT molecular complexity index is 487. The molecule has 0 radical (unpaired) electrons. The van der Waals surface area contributed by atoms with Crippen molar-refractivity contribution in [2.24, 2.45) is 5.73 Å². The van der Waals surface area contributed by atoms with Crippen molar-refractivity contribution in [1.82, 2.24) is 5.32 Å². The summed E-state index contributed by atoms with van der Waals surface area (Å²) >= 11 is 6.00. The van der Waals surface area contributed by atoms with Crippen molar-refractivity contribution < 1.29 is 14.3 Å². The Kier molecular flexibility index (Phi) is 5.87. The zero-order valence-corrected chi connectivity index (χ0v) is 13.9. The van der Waals surface area contributed by atoms with E-state index in [0.717, 1.165) is 0 Å². The van der Waals surface area contributed by atoms with Crippen molar-refractivity contribution in [1.29, 1.82) is 0 Å². The summed E-state index contributed by atoms with van der Waals surface area (Å²) in [6.07, 6.45) is -0.676. The molecule has 0 aliphatic heterocycles. The molecule has 6 heteroatoms. The minimum atomic E-state index is -0.676. The Hall–Kier alpha value is -1.46. The molecule has 5 nitrogen and oxygen atoms in total. The normalized spacial score (nSPS) is 12.7. The van der Waals surface area contributed by atoms with Crippen molar-refractivity contribution in [2.45, 2.75) is 45.9 Å². The average molecular weight is 315 g/mol. The molecule has 0 fully saturated rings. The Morgan fingerprint density at radius 3 is 2.52 bits per heavy atom. The Balaban J connectivity index is 2.99. The summed E-state index contributed by atoms with van der Waals surface area (Å²) in [5.41, 5.74) is 6.07. The van der Waals surface area contributed by atoms with Crippen LogP contribution in [0.2, 0.25) is 5.02 Å². The van der Waals surface area contributed by atoms with Gasteiger partial charge in [0, 0.05) is 28.7 Å². The van der Waals surface area contributed by atoms with E-state index in [1.54, 1.807) is 19.1 Å². The maximum absolute atomic E-state index is 12.1. The van der Waals surface area contributed by atoms with E-state index in [0.29, 0.717) is 22.1 Å². The number of carbonyl (C=O) groups excluding carboxylic acids is 1. The number of nitrogens with one attached hydrogen (secondary N) is 1. The standard InChI is InChI=1S/C15H23ClN2O3/c1-9(14(19)18-15(2,3)4)21-13-10(8-17)6-11(16)7-12(13)20-5/h6-7,9H,8,17H2,1-5H3,(H,18,19). The number of hydrogen-bond donors (Lipinski definition) is 2. The number of halogens is 1. The Labute approximate surface area is 130 Å². The van der Waals surface area contributed by atoms with Gasteiger partial charge in [-0.3, -0.25) is 4.79 Å². The first-order chi connectivity index (χ1) is 9.67. The maximum atomic E-state index is 12.1. The van der Waals surface area contributed by atoms with Crippen LogP contribution >= 0.6 is 11.6 Å².